The zero-order valence-electron chi connectivity index (χ0n) is 12.0. The van der Waals surface area contributed by atoms with Crippen molar-refractivity contribution >= 4 is 5.78 Å². The first-order chi connectivity index (χ1) is 9.60. The van der Waals surface area contributed by atoms with Crippen LogP contribution in [0.3, 0.4) is 0 Å². The van der Waals surface area contributed by atoms with E-state index in [2.05, 4.69) is 0 Å². The van der Waals surface area contributed by atoms with Gasteiger partial charge < -0.3 is 10.5 Å². The number of hydrogen-bond donors (Lipinski definition) is 1. The van der Waals surface area contributed by atoms with E-state index in [1.165, 1.54) is 31.7 Å². The molecule has 1 saturated carbocycles. The van der Waals surface area contributed by atoms with Crippen LogP contribution in [0, 0.1) is 11.2 Å². The van der Waals surface area contributed by atoms with E-state index in [1.54, 1.807) is 0 Å². The summed E-state index contributed by atoms with van der Waals surface area (Å²) in [6.07, 6.45) is 5.78. The molecule has 0 aliphatic heterocycles. The Morgan fingerprint density at radius 1 is 1.35 bits per heavy atom. The molecule has 0 saturated heterocycles. The number of Topliss-reactive ketones (excluding diaryl/α,β-unsaturated/α-hetero) is 1. The average molecular weight is 279 g/mol. The number of halogens is 1. The Morgan fingerprint density at radius 2 is 2.05 bits per heavy atom. The quantitative estimate of drug-likeness (QED) is 0.841. The summed E-state index contributed by atoms with van der Waals surface area (Å²) in [5, 5.41) is 0. The van der Waals surface area contributed by atoms with Gasteiger partial charge in [0.15, 0.2) is 5.78 Å². The molecule has 1 aliphatic rings. The molecule has 0 heterocycles. The fourth-order valence-corrected chi connectivity index (χ4v) is 3.09. The molecule has 0 spiro atoms. The van der Waals surface area contributed by atoms with Crippen LogP contribution < -0.4 is 10.5 Å². The Balaban J connectivity index is 2.20. The molecule has 2 rings (SSSR count). The molecular weight excluding hydrogens is 257 g/mol. The van der Waals surface area contributed by atoms with Gasteiger partial charge in [0.25, 0.3) is 0 Å². The second-order valence-corrected chi connectivity index (χ2v) is 5.71. The minimum Gasteiger partial charge on any atom is -0.496 e. The second-order valence-electron chi connectivity index (χ2n) is 5.71. The fraction of sp³-hybridized carbons (Fsp3) is 0.562. The van der Waals surface area contributed by atoms with Crippen molar-refractivity contribution in [3.05, 3.63) is 29.6 Å². The summed E-state index contributed by atoms with van der Waals surface area (Å²) in [5.74, 6) is -0.0623. The zero-order chi connectivity index (χ0) is 14.6. The molecule has 0 radical (unpaired) electrons. The lowest BCUT2D eigenvalue weighted by Gasteiger charge is -2.35. The molecule has 0 unspecified atom stereocenters. The number of ether oxygens (including phenoxy) is 1. The molecule has 1 aromatic carbocycles. The third-order valence-corrected chi connectivity index (χ3v) is 4.34. The Morgan fingerprint density at radius 3 is 2.65 bits per heavy atom. The van der Waals surface area contributed by atoms with Crippen LogP contribution >= 0.6 is 0 Å². The maximum Gasteiger partial charge on any atom is 0.167 e. The van der Waals surface area contributed by atoms with Crippen molar-refractivity contribution in [2.75, 3.05) is 13.7 Å². The molecule has 110 valence electrons. The van der Waals surface area contributed by atoms with Crippen molar-refractivity contribution in [2.45, 2.75) is 38.5 Å². The number of rotatable bonds is 5. The maximum absolute atomic E-state index is 13.4. The zero-order valence-corrected chi connectivity index (χ0v) is 12.0. The molecule has 0 amide bonds. The third kappa shape index (κ3) is 3.18. The lowest BCUT2D eigenvalue weighted by molar-refractivity contribution is 0.0864. The van der Waals surface area contributed by atoms with Gasteiger partial charge in [0.2, 0.25) is 0 Å². The smallest absolute Gasteiger partial charge is 0.167 e. The van der Waals surface area contributed by atoms with E-state index in [0.29, 0.717) is 24.3 Å². The largest absolute Gasteiger partial charge is 0.496 e. The van der Waals surface area contributed by atoms with E-state index in [1.807, 2.05) is 0 Å². The molecule has 4 heteroatoms. The highest BCUT2D eigenvalue weighted by Crippen LogP contribution is 2.39. The van der Waals surface area contributed by atoms with Gasteiger partial charge in [-0.25, -0.2) is 4.39 Å². The van der Waals surface area contributed by atoms with Crippen LogP contribution in [0.5, 0.6) is 5.75 Å². The topological polar surface area (TPSA) is 52.3 Å². The molecule has 2 N–H and O–H groups in total. The molecule has 1 fully saturated rings. The monoisotopic (exact) mass is 279 g/mol. The first-order valence-corrected chi connectivity index (χ1v) is 7.17. The number of ketones is 1. The van der Waals surface area contributed by atoms with Gasteiger partial charge in [-0.2, -0.15) is 0 Å². The van der Waals surface area contributed by atoms with E-state index in [-0.39, 0.29) is 11.2 Å². The van der Waals surface area contributed by atoms with Gasteiger partial charge in [0.1, 0.15) is 11.6 Å². The van der Waals surface area contributed by atoms with Crippen LogP contribution in [0.15, 0.2) is 18.2 Å². The summed E-state index contributed by atoms with van der Waals surface area (Å²) in [6, 6.07) is 4.06. The third-order valence-electron chi connectivity index (χ3n) is 4.34. The van der Waals surface area contributed by atoms with Crippen molar-refractivity contribution in [1.29, 1.82) is 0 Å². The summed E-state index contributed by atoms with van der Waals surface area (Å²) >= 11 is 0. The molecule has 20 heavy (non-hydrogen) atoms. The summed E-state index contributed by atoms with van der Waals surface area (Å²) in [4.78, 5) is 12.5. The van der Waals surface area contributed by atoms with E-state index >= 15 is 0 Å². The van der Waals surface area contributed by atoms with Gasteiger partial charge in [0.05, 0.1) is 12.7 Å². The number of nitrogens with two attached hydrogens (primary N) is 1. The number of carbonyl (C=O) groups is 1. The predicted octanol–water partition coefficient (Wildman–Crippen LogP) is 3.32. The highest BCUT2D eigenvalue weighted by Gasteiger charge is 2.33. The van der Waals surface area contributed by atoms with Crippen molar-refractivity contribution in [2.24, 2.45) is 11.1 Å². The van der Waals surface area contributed by atoms with E-state index in [9.17, 15) is 9.18 Å². The minimum absolute atomic E-state index is 0.0753. The van der Waals surface area contributed by atoms with Crippen LogP contribution in [0.2, 0.25) is 0 Å². The van der Waals surface area contributed by atoms with Gasteiger partial charge in [-0.15, -0.1) is 0 Å². The number of hydrogen-bond acceptors (Lipinski definition) is 3. The molecular formula is C16H22FNO2. The van der Waals surface area contributed by atoms with Crippen LogP contribution in [0.4, 0.5) is 4.39 Å². The van der Waals surface area contributed by atoms with E-state index < -0.39 is 5.82 Å². The number of methoxy groups -OCH3 is 1. The summed E-state index contributed by atoms with van der Waals surface area (Å²) in [7, 11) is 1.49. The normalized spacial score (nSPS) is 17.8. The minimum atomic E-state index is -0.417. The number of carbonyl (C=O) groups excluding carboxylic acids is 1. The van der Waals surface area contributed by atoms with Crippen LogP contribution in [-0.2, 0) is 0 Å². The molecule has 0 bridgehead atoms. The molecule has 3 nitrogen and oxygen atoms in total. The maximum atomic E-state index is 13.4. The van der Waals surface area contributed by atoms with Gasteiger partial charge in [-0.05, 0) is 43.0 Å². The first-order valence-electron chi connectivity index (χ1n) is 7.17. The van der Waals surface area contributed by atoms with E-state index in [4.69, 9.17) is 10.5 Å². The predicted molar refractivity (Wildman–Crippen MR) is 76.5 cm³/mol. The summed E-state index contributed by atoms with van der Waals surface area (Å²) in [6.45, 7) is 0.510. The first kappa shape index (κ1) is 15.0. The average Bonchev–Trinajstić information content (AvgIpc) is 2.48. The Bertz CT molecular complexity index is 481. The standard InChI is InChI=1S/C16H22FNO2/c1-20-15-6-5-12(17)9-13(15)14(19)10-16(11-18)7-3-2-4-8-16/h5-6,9H,2-4,7-8,10-11,18H2,1H3. The Labute approximate surface area is 119 Å². The van der Waals surface area contributed by atoms with E-state index in [0.717, 1.165) is 25.7 Å². The highest BCUT2D eigenvalue weighted by atomic mass is 19.1. The molecule has 0 atom stereocenters. The van der Waals surface area contributed by atoms with Crippen LogP contribution in [0.1, 0.15) is 48.9 Å². The van der Waals surface area contributed by atoms with Crippen molar-refractivity contribution < 1.29 is 13.9 Å². The van der Waals surface area contributed by atoms with Crippen LogP contribution in [0.25, 0.3) is 0 Å². The highest BCUT2D eigenvalue weighted by molar-refractivity contribution is 5.99. The second kappa shape index (κ2) is 6.35. The van der Waals surface area contributed by atoms with Gasteiger partial charge in [0, 0.05) is 6.42 Å². The Hall–Kier alpha value is -1.42. The summed E-state index contributed by atoms with van der Waals surface area (Å²) in [5.41, 5.74) is 6.11. The van der Waals surface area contributed by atoms with Crippen LogP contribution in [-0.4, -0.2) is 19.4 Å². The summed E-state index contributed by atoms with van der Waals surface area (Å²) < 4.78 is 18.5. The van der Waals surface area contributed by atoms with Crippen molar-refractivity contribution in [1.82, 2.24) is 0 Å². The number of benzene rings is 1. The molecule has 1 aliphatic carbocycles. The van der Waals surface area contributed by atoms with Gasteiger partial charge in [-0.3, -0.25) is 4.79 Å². The van der Waals surface area contributed by atoms with Crippen molar-refractivity contribution in [3.8, 4) is 5.75 Å². The van der Waals surface area contributed by atoms with Gasteiger partial charge >= 0.3 is 0 Å². The molecule has 1 aromatic rings. The fourth-order valence-electron chi connectivity index (χ4n) is 3.09. The Kier molecular flexibility index (Phi) is 4.76. The van der Waals surface area contributed by atoms with Crippen molar-refractivity contribution in [3.63, 3.8) is 0 Å². The molecule has 0 aromatic heterocycles. The lowest BCUT2D eigenvalue weighted by atomic mass is 9.70. The SMILES string of the molecule is COc1ccc(F)cc1C(=O)CC1(CN)CCCCC1. The van der Waals surface area contributed by atoms with Gasteiger partial charge in [-0.1, -0.05) is 19.3 Å². The lowest BCUT2D eigenvalue weighted by Crippen LogP contribution is -2.35.